The smallest absolute Gasteiger partial charge is 0.0538 e. The van der Waals surface area contributed by atoms with Crippen LogP contribution in [0.5, 0.6) is 0 Å². The fourth-order valence-electron chi connectivity index (χ4n) is 3.93. The van der Waals surface area contributed by atoms with Crippen LogP contribution in [0.4, 0.5) is 0 Å². The van der Waals surface area contributed by atoms with Gasteiger partial charge >= 0.3 is 0 Å². The van der Waals surface area contributed by atoms with E-state index in [2.05, 4.69) is 53.4 Å². The third-order valence-corrected chi connectivity index (χ3v) is 4.93. The zero-order valence-electron chi connectivity index (χ0n) is 14.0. The van der Waals surface area contributed by atoms with Crippen LogP contribution in [0.15, 0.2) is 0 Å². The summed E-state index contributed by atoms with van der Waals surface area (Å²) in [6.07, 6.45) is 3.80. The summed E-state index contributed by atoms with van der Waals surface area (Å²) in [6, 6.07) is 1.45. The van der Waals surface area contributed by atoms with Crippen molar-refractivity contribution in [2.75, 3.05) is 13.2 Å². The van der Waals surface area contributed by atoms with E-state index in [1.165, 1.54) is 12.8 Å². The van der Waals surface area contributed by atoms with Crippen molar-refractivity contribution in [3.63, 3.8) is 0 Å². The molecular formula is C17H33NO. The summed E-state index contributed by atoms with van der Waals surface area (Å²) in [6.45, 7) is 18.4. The minimum Gasteiger partial charge on any atom is -0.381 e. The third-order valence-electron chi connectivity index (χ3n) is 4.93. The van der Waals surface area contributed by atoms with Crippen LogP contribution in [0.25, 0.3) is 0 Å². The number of likely N-dealkylation sites (tertiary alicyclic amines) is 1. The Morgan fingerprint density at radius 3 is 2.16 bits per heavy atom. The van der Waals surface area contributed by atoms with Gasteiger partial charge < -0.3 is 4.74 Å². The quantitative estimate of drug-likeness (QED) is 0.711. The Hall–Kier alpha value is -0.0800. The summed E-state index contributed by atoms with van der Waals surface area (Å²) in [5, 5.41) is 0. The number of ether oxygens (including phenoxy) is 1. The molecule has 0 aromatic heterocycles. The van der Waals surface area contributed by atoms with Gasteiger partial charge in [0.05, 0.1) is 6.61 Å². The van der Waals surface area contributed by atoms with Crippen LogP contribution in [-0.2, 0) is 4.74 Å². The van der Waals surface area contributed by atoms with Gasteiger partial charge in [-0.1, -0.05) is 27.7 Å². The molecule has 19 heavy (non-hydrogen) atoms. The molecule has 112 valence electrons. The minimum atomic E-state index is 0.269. The maximum absolute atomic E-state index is 5.91. The first-order chi connectivity index (χ1) is 8.62. The van der Waals surface area contributed by atoms with Gasteiger partial charge in [-0.3, -0.25) is 4.90 Å². The first kappa shape index (κ1) is 15.3. The van der Waals surface area contributed by atoms with Gasteiger partial charge in [0, 0.05) is 29.6 Å². The van der Waals surface area contributed by atoms with Crippen LogP contribution in [0.2, 0.25) is 0 Å². The van der Waals surface area contributed by atoms with Crippen molar-refractivity contribution < 1.29 is 4.74 Å². The molecule has 2 rings (SSSR count). The van der Waals surface area contributed by atoms with E-state index in [0.29, 0.717) is 16.9 Å². The molecule has 3 atom stereocenters. The number of hydrogen-bond acceptors (Lipinski definition) is 2. The molecule has 0 aromatic rings. The topological polar surface area (TPSA) is 12.5 Å². The molecule has 0 bridgehead atoms. The predicted molar refractivity (Wildman–Crippen MR) is 81.4 cm³/mol. The van der Waals surface area contributed by atoms with Crippen LogP contribution in [0, 0.1) is 10.8 Å². The number of nitrogens with zero attached hydrogens (tertiary/aromatic N) is 1. The Kier molecular flexibility index (Phi) is 3.81. The van der Waals surface area contributed by atoms with Gasteiger partial charge in [-0.15, -0.1) is 0 Å². The molecule has 2 heteroatoms. The van der Waals surface area contributed by atoms with E-state index in [9.17, 15) is 0 Å². The number of piperidine rings is 1. The second-order valence-corrected chi connectivity index (χ2v) is 8.80. The molecule has 0 N–H and O–H groups in total. The van der Waals surface area contributed by atoms with Crippen molar-refractivity contribution >= 4 is 0 Å². The van der Waals surface area contributed by atoms with Crippen LogP contribution in [0.1, 0.15) is 67.7 Å². The Labute approximate surface area is 119 Å². The molecule has 0 radical (unpaired) electrons. The van der Waals surface area contributed by atoms with Crippen molar-refractivity contribution in [3.05, 3.63) is 0 Å². The first-order valence-electron chi connectivity index (χ1n) is 7.98. The zero-order valence-corrected chi connectivity index (χ0v) is 14.0. The molecule has 0 amide bonds. The molecule has 1 saturated heterocycles. The highest BCUT2D eigenvalue weighted by Crippen LogP contribution is 2.63. The molecule has 1 aliphatic carbocycles. The monoisotopic (exact) mass is 267 g/mol. The van der Waals surface area contributed by atoms with E-state index in [1.54, 1.807) is 0 Å². The maximum atomic E-state index is 5.91. The molecular weight excluding hydrogens is 234 g/mol. The molecule has 0 spiro atoms. The van der Waals surface area contributed by atoms with Crippen LogP contribution >= 0.6 is 0 Å². The highest BCUT2D eigenvalue weighted by atomic mass is 16.5. The van der Waals surface area contributed by atoms with Crippen LogP contribution < -0.4 is 0 Å². The van der Waals surface area contributed by atoms with Crippen molar-refractivity contribution in [2.24, 2.45) is 10.8 Å². The van der Waals surface area contributed by atoms with Gasteiger partial charge in [0.25, 0.3) is 0 Å². The highest BCUT2D eigenvalue weighted by molar-refractivity contribution is 5.20. The molecule has 2 nitrogen and oxygen atoms in total. The van der Waals surface area contributed by atoms with Crippen molar-refractivity contribution in [2.45, 2.75) is 85.4 Å². The van der Waals surface area contributed by atoms with Gasteiger partial charge in [0.2, 0.25) is 0 Å². The van der Waals surface area contributed by atoms with E-state index in [-0.39, 0.29) is 5.54 Å². The lowest BCUT2D eigenvalue weighted by Gasteiger charge is -2.45. The first-order valence-corrected chi connectivity index (χ1v) is 7.98. The average Bonchev–Trinajstić information content (AvgIpc) is 2.80. The van der Waals surface area contributed by atoms with Crippen LogP contribution in [-0.4, -0.2) is 35.7 Å². The molecule has 1 unspecified atom stereocenters. The second kappa shape index (κ2) is 4.73. The Balaban J connectivity index is 2.11. The molecule has 1 heterocycles. The van der Waals surface area contributed by atoms with Gasteiger partial charge in [0.1, 0.15) is 0 Å². The van der Waals surface area contributed by atoms with Crippen molar-refractivity contribution in [1.82, 2.24) is 4.90 Å². The summed E-state index contributed by atoms with van der Waals surface area (Å²) < 4.78 is 5.91. The van der Waals surface area contributed by atoms with E-state index in [4.69, 9.17) is 4.74 Å². The Bertz CT molecular complexity index is 325. The van der Waals surface area contributed by atoms with Gasteiger partial charge in [0.15, 0.2) is 0 Å². The Morgan fingerprint density at radius 1 is 1.11 bits per heavy atom. The lowest BCUT2D eigenvalue weighted by atomic mass is 9.80. The fourth-order valence-corrected chi connectivity index (χ4v) is 3.93. The van der Waals surface area contributed by atoms with E-state index < -0.39 is 0 Å². The Morgan fingerprint density at radius 2 is 1.74 bits per heavy atom. The third kappa shape index (κ3) is 2.85. The van der Waals surface area contributed by atoms with E-state index in [0.717, 1.165) is 25.7 Å². The second-order valence-electron chi connectivity index (χ2n) is 8.80. The molecule has 2 fully saturated rings. The highest BCUT2D eigenvalue weighted by Gasteiger charge is 2.67. The molecule has 1 aliphatic heterocycles. The van der Waals surface area contributed by atoms with Crippen molar-refractivity contribution in [3.8, 4) is 0 Å². The lowest BCUT2D eigenvalue weighted by Crippen LogP contribution is -2.51. The maximum Gasteiger partial charge on any atom is 0.0538 e. The summed E-state index contributed by atoms with van der Waals surface area (Å²) >= 11 is 0. The van der Waals surface area contributed by atoms with E-state index >= 15 is 0 Å². The van der Waals surface area contributed by atoms with Gasteiger partial charge in [-0.25, -0.2) is 0 Å². The average molecular weight is 267 g/mol. The summed E-state index contributed by atoms with van der Waals surface area (Å²) in [4.78, 5) is 2.79. The minimum absolute atomic E-state index is 0.269. The van der Waals surface area contributed by atoms with Crippen LogP contribution in [0.3, 0.4) is 0 Å². The normalized spacial score (nSPS) is 35.5. The van der Waals surface area contributed by atoms with Gasteiger partial charge in [-0.05, 0) is 45.4 Å². The fraction of sp³-hybridized carbons (Fsp3) is 1.00. The summed E-state index contributed by atoms with van der Waals surface area (Å²) in [5.74, 6) is 0. The predicted octanol–water partition coefficient (Wildman–Crippen LogP) is 4.09. The lowest BCUT2D eigenvalue weighted by molar-refractivity contribution is 0.0360. The molecule has 0 aromatic carbocycles. The number of rotatable bonds is 4. The molecule has 2 aliphatic rings. The van der Waals surface area contributed by atoms with Crippen molar-refractivity contribution in [1.29, 1.82) is 0 Å². The largest absolute Gasteiger partial charge is 0.381 e. The summed E-state index contributed by atoms with van der Waals surface area (Å²) in [7, 11) is 0. The van der Waals surface area contributed by atoms with E-state index in [1.807, 2.05) is 0 Å². The molecule has 1 saturated carbocycles. The number of fused-ring (bicyclic) bond motifs is 1. The SMILES string of the molecule is CCCOC[C@]12CC(C(C)(C)C)N(C(C)(C)C)[C@H]1C2. The zero-order chi connectivity index (χ0) is 14.5. The van der Waals surface area contributed by atoms with Gasteiger partial charge in [-0.2, -0.15) is 0 Å². The standard InChI is InChI=1S/C17H33NO/c1-8-9-19-12-17-10-13(15(2,3)4)18(14(17)11-17)16(5,6)7/h13-14H,8-12H2,1-7H3/t13?,14-,17+/m0/s1. The summed E-state index contributed by atoms with van der Waals surface area (Å²) in [5.41, 5.74) is 1.10. The number of hydrogen-bond donors (Lipinski definition) is 0.